The minimum atomic E-state index is -0.274. The first-order chi connectivity index (χ1) is 3.80. The van der Waals surface area contributed by atoms with E-state index in [0.717, 1.165) is 19.3 Å². The molecule has 1 fully saturated rings. The minimum absolute atomic E-state index is 0.0660. The lowest BCUT2D eigenvalue weighted by Crippen LogP contribution is -2.37. The number of rotatable bonds is 0. The van der Waals surface area contributed by atoms with Gasteiger partial charge >= 0.3 is 0 Å². The third-order valence-electron chi connectivity index (χ3n) is 1.59. The van der Waals surface area contributed by atoms with Gasteiger partial charge in [0.1, 0.15) is 0 Å². The Bertz CT molecular complexity index is 64.9. The zero-order valence-electron chi connectivity index (χ0n) is 4.88. The monoisotopic (exact) mass is 114 g/mol. The van der Waals surface area contributed by atoms with Crippen molar-refractivity contribution in [1.82, 2.24) is 0 Å². The number of aliphatic hydroxyl groups is 1. The molecule has 8 heavy (non-hydrogen) atoms. The van der Waals surface area contributed by atoms with Crippen LogP contribution in [0.4, 0.5) is 0 Å². The van der Waals surface area contributed by atoms with Crippen LogP contribution in [0.25, 0.3) is 0 Å². The summed E-state index contributed by atoms with van der Waals surface area (Å²) in [6.07, 6.45) is 4.74. The Morgan fingerprint density at radius 1 is 1.62 bits per heavy atom. The van der Waals surface area contributed by atoms with Gasteiger partial charge in [0, 0.05) is 6.04 Å². The molecule has 0 spiro atoms. The van der Waals surface area contributed by atoms with Gasteiger partial charge in [-0.2, -0.15) is 0 Å². The Hall–Kier alpha value is -0.0800. The molecule has 2 atom stereocenters. The van der Waals surface area contributed by atoms with Crippen molar-refractivity contribution in [1.29, 1.82) is 0 Å². The molecule has 2 heteroatoms. The molecular weight excluding hydrogens is 102 g/mol. The van der Waals surface area contributed by atoms with Crippen LogP contribution < -0.4 is 5.73 Å². The van der Waals surface area contributed by atoms with Crippen LogP contribution in [-0.2, 0) is 0 Å². The van der Waals surface area contributed by atoms with E-state index in [0.29, 0.717) is 0 Å². The van der Waals surface area contributed by atoms with E-state index < -0.39 is 0 Å². The van der Waals surface area contributed by atoms with Crippen LogP contribution in [0.1, 0.15) is 19.3 Å². The molecule has 2 nitrogen and oxygen atoms in total. The van der Waals surface area contributed by atoms with Gasteiger partial charge in [-0.1, -0.05) is 6.42 Å². The standard InChI is InChI=1S/C6H12NO/c7-5-3-1-2-4-6(5)8/h3,5-6,8H,1-2,4,7H2. The van der Waals surface area contributed by atoms with E-state index in [1.165, 1.54) is 0 Å². The van der Waals surface area contributed by atoms with Crippen molar-refractivity contribution < 1.29 is 5.11 Å². The predicted molar refractivity (Wildman–Crippen MR) is 32.1 cm³/mol. The maximum absolute atomic E-state index is 9.02. The van der Waals surface area contributed by atoms with Crippen LogP contribution in [0.3, 0.4) is 0 Å². The molecule has 0 aromatic carbocycles. The van der Waals surface area contributed by atoms with Crippen LogP contribution in [0.2, 0.25) is 0 Å². The van der Waals surface area contributed by atoms with Crippen LogP contribution in [0.5, 0.6) is 0 Å². The van der Waals surface area contributed by atoms with E-state index in [4.69, 9.17) is 10.8 Å². The van der Waals surface area contributed by atoms with E-state index in [1.807, 2.05) is 6.42 Å². The highest BCUT2D eigenvalue weighted by molar-refractivity contribution is 4.89. The number of nitrogens with two attached hydrogens (primary N) is 1. The van der Waals surface area contributed by atoms with Gasteiger partial charge in [0.2, 0.25) is 0 Å². The SMILES string of the molecule is NC1[CH]CCCC1O. The zero-order valence-corrected chi connectivity index (χ0v) is 4.88. The Labute approximate surface area is 49.7 Å². The Morgan fingerprint density at radius 3 is 2.75 bits per heavy atom. The van der Waals surface area contributed by atoms with Crippen molar-refractivity contribution in [2.45, 2.75) is 31.4 Å². The molecule has 0 aliphatic heterocycles. The average molecular weight is 114 g/mol. The molecule has 47 valence electrons. The molecule has 1 rings (SSSR count). The van der Waals surface area contributed by atoms with E-state index >= 15 is 0 Å². The highest BCUT2D eigenvalue weighted by Gasteiger charge is 2.18. The van der Waals surface area contributed by atoms with Gasteiger partial charge in [-0.15, -0.1) is 0 Å². The Balaban J connectivity index is 2.28. The first kappa shape index (κ1) is 6.05. The Kier molecular flexibility index (Phi) is 1.86. The minimum Gasteiger partial charge on any atom is -0.392 e. The molecular formula is C6H12NO. The maximum atomic E-state index is 9.02. The third-order valence-corrected chi connectivity index (χ3v) is 1.59. The van der Waals surface area contributed by atoms with Crippen molar-refractivity contribution in [2.24, 2.45) is 5.73 Å². The van der Waals surface area contributed by atoms with Crippen LogP contribution in [0, 0.1) is 6.42 Å². The van der Waals surface area contributed by atoms with Gasteiger partial charge in [0.15, 0.2) is 0 Å². The van der Waals surface area contributed by atoms with Gasteiger partial charge in [-0.05, 0) is 19.3 Å². The van der Waals surface area contributed by atoms with E-state index in [2.05, 4.69) is 0 Å². The summed E-state index contributed by atoms with van der Waals surface area (Å²) in [5, 5.41) is 9.02. The lowest BCUT2D eigenvalue weighted by molar-refractivity contribution is 0.129. The smallest absolute Gasteiger partial charge is 0.0693 e. The first-order valence-electron chi connectivity index (χ1n) is 3.07. The molecule has 2 unspecified atom stereocenters. The van der Waals surface area contributed by atoms with Crippen molar-refractivity contribution >= 4 is 0 Å². The quantitative estimate of drug-likeness (QED) is 0.468. The normalized spacial score (nSPS) is 39.8. The van der Waals surface area contributed by atoms with Gasteiger partial charge in [0.25, 0.3) is 0 Å². The highest BCUT2D eigenvalue weighted by atomic mass is 16.3. The summed E-state index contributed by atoms with van der Waals surface area (Å²) in [4.78, 5) is 0. The van der Waals surface area contributed by atoms with Crippen LogP contribution >= 0.6 is 0 Å². The van der Waals surface area contributed by atoms with Gasteiger partial charge in [-0.25, -0.2) is 0 Å². The molecule has 0 heterocycles. The topological polar surface area (TPSA) is 46.2 Å². The average Bonchev–Trinajstić information content (AvgIpc) is 1.77. The summed E-state index contributed by atoms with van der Waals surface area (Å²) < 4.78 is 0. The van der Waals surface area contributed by atoms with Crippen molar-refractivity contribution in [3.63, 3.8) is 0 Å². The molecule has 3 N–H and O–H groups in total. The lowest BCUT2D eigenvalue weighted by atomic mass is 9.94. The van der Waals surface area contributed by atoms with Crippen molar-refractivity contribution in [3.8, 4) is 0 Å². The second-order valence-electron chi connectivity index (χ2n) is 2.31. The molecule has 1 aliphatic carbocycles. The van der Waals surface area contributed by atoms with E-state index in [9.17, 15) is 0 Å². The number of hydrogen-bond acceptors (Lipinski definition) is 2. The fraction of sp³-hybridized carbons (Fsp3) is 0.833. The summed E-state index contributed by atoms with van der Waals surface area (Å²) in [5.74, 6) is 0. The fourth-order valence-electron chi connectivity index (χ4n) is 0.987. The van der Waals surface area contributed by atoms with Crippen LogP contribution in [0.15, 0.2) is 0 Å². The molecule has 0 bridgehead atoms. The second kappa shape index (κ2) is 2.46. The molecule has 0 amide bonds. The maximum Gasteiger partial charge on any atom is 0.0693 e. The van der Waals surface area contributed by atoms with Crippen molar-refractivity contribution in [2.75, 3.05) is 0 Å². The molecule has 0 aromatic rings. The van der Waals surface area contributed by atoms with Crippen LogP contribution in [-0.4, -0.2) is 17.3 Å². The van der Waals surface area contributed by atoms with Crippen molar-refractivity contribution in [3.05, 3.63) is 6.42 Å². The van der Waals surface area contributed by atoms with Gasteiger partial charge < -0.3 is 10.8 Å². The second-order valence-corrected chi connectivity index (χ2v) is 2.31. The molecule has 0 aromatic heterocycles. The predicted octanol–water partition coefficient (Wildman–Crippen LogP) is 0.0628. The van der Waals surface area contributed by atoms with Gasteiger partial charge in [-0.3, -0.25) is 0 Å². The first-order valence-corrected chi connectivity index (χ1v) is 3.07. The molecule has 0 saturated heterocycles. The third kappa shape index (κ3) is 1.20. The largest absolute Gasteiger partial charge is 0.392 e. The van der Waals surface area contributed by atoms with E-state index in [-0.39, 0.29) is 12.1 Å². The summed E-state index contributed by atoms with van der Waals surface area (Å²) in [5.41, 5.74) is 5.47. The Morgan fingerprint density at radius 2 is 2.38 bits per heavy atom. The zero-order chi connectivity index (χ0) is 5.98. The number of aliphatic hydroxyl groups excluding tert-OH is 1. The fourth-order valence-corrected chi connectivity index (χ4v) is 0.987. The summed E-state index contributed by atoms with van der Waals surface area (Å²) >= 11 is 0. The van der Waals surface area contributed by atoms with Gasteiger partial charge in [0.05, 0.1) is 6.10 Å². The summed E-state index contributed by atoms with van der Waals surface area (Å²) in [6.45, 7) is 0. The van der Waals surface area contributed by atoms with E-state index in [1.54, 1.807) is 0 Å². The lowest BCUT2D eigenvalue weighted by Gasteiger charge is -2.22. The molecule has 1 radical (unpaired) electrons. The summed E-state index contributed by atoms with van der Waals surface area (Å²) in [7, 11) is 0. The number of hydrogen-bond donors (Lipinski definition) is 2. The molecule has 1 saturated carbocycles. The highest BCUT2D eigenvalue weighted by Crippen LogP contribution is 2.14. The summed E-state index contributed by atoms with van der Waals surface area (Å²) in [6, 6.07) is -0.0660. The molecule has 1 aliphatic rings.